The van der Waals surface area contributed by atoms with Gasteiger partial charge in [0, 0.05) is 41.2 Å². The minimum atomic E-state index is -0.997. The van der Waals surface area contributed by atoms with Gasteiger partial charge in [0.25, 0.3) is 0 Å². The van der Waals surface area contributed by atoms with Crippen molar-refractivity contribution in [3.8, 4) is 11.3 Å². The van der Waals surface area contributed by atoms with Gasteiger partial charge in [0.15, 0.2) is 0 Å². The molecule has 0 aliphatic carbocycles. The second-order valence-electron chi connectivity index (χ2n) is 6.69. The molecule has 5 rings (SSSR count). The van der Waals surface area contributed by atoms with Gasteiger partial charge >= 0.3 is 5.97 Å². The largest absolute Gasteiger partial charge is 0.478 e. The quantitative estimate of drug-likeness (QED) is 0.712. The van der Waals surface area contributed by atoms with Gasteiger partial charge in [-0.05, 0) is 18.6 Å². The zero-order valence-corrected chi connectivity index (χ0v) is 13.3. The topological polar surface area (TPSA) is 84.6 Å². The number of aromatic nitrogens is 2. The average molecular weight is 336 g/mol. The summed E-state index contributed by atoms with van der Waals surface area (Å²) in [5.74, 6) is -1.56. The lowest BCUT2D eigenvalue weighted by Crippen LogP contribution is -2.43. The van der Waals surface area contributed by atoms with Gasteiger partial charge in [0.1, 0.15) is 0 Å². The summed E-state index contributed by atoms with van der Waals surface area (Å²) in [4.78, 5) is 16.4. The molecular weight excluding hydrogens is 320 g/mol. The first-order chi connectivity index (χ1) is 12.1. The van der Waals surface area contributed by atoms with Crippen LogP contribution in [0.3, 0.4) is 0 Å². The van der Waals surface area contributed by atoms with Gasteiger partial charge in [-0.3, -0.25) is 0 Å². The average Bonchev–Trinajstić information content (AvgIpc) is 3.00. The Labute approximate surface area is 143 Å². The van der Waals surface area contributed by atoms with Crippen LogP contribution in [0.5, 0.6) is 0 Å². The molecule has 1 aromatic rings. The Balaban J connectivity index is 1.68. The van der Waals surface area contributed by atoms with Gasteiger partial charge in [0.05, 0.1) is 23.0 Å². The number of carbonyl (C=O) groups is 1. The molecule has 4 heterocycles. The Morgan fingerprint density at radius 2 is 2.12 bits per heavy atom. The molecule has 0 spiro atoms. The summed E-state index contributed by atoms with van der Waals surface area (Å²) in [6.45, 7) is 0.505. The van der Waals surface area contributed by atoms with Crippen molar-refractivity contribution in [1.82, 2.24) is 9.55 Å². The molecule has 0 unspecified atom stereocenters. The second-order valence-corrected chi connectivity index (χ2v) is 6.69. The maximum absolute atomic E-state index is 11.6. The molecule has 0 amide bonds. The highest BCUT2D eigenvalue weighted by Crippen LogP contribution is 2.42. The molecule has 4 aliphatic heterocycles. The van der Waals surface area contributed by atoms with Crippen LogP contribution in [0.15, 0.2) is 48.4 Å². The number of carboxylic acids is 1. The van der Waals surface area contributed by atoms with E-state index >= 15 is 0 Å². The Bertz CT molecular complexity index is 1010. The molecule has 4 aliphatic rings. The van der Waals surface area contributed by atoms with Crippen LogP contribution in [0.1, 0.15) is 5.69 Å². The number of para-hydroxylation sites is 1. The van der Waals surface area contributed by atoms with E-state index in [1.165, 1.54) is 6.26 Å². The highest BCUT2D eigenvalue weighted by molar-refractivity contribution is 5.98. The lowest BCUT2D eigenvalue weighted by atomic mass is 9.77. The molecule has 6 heteroatoms. The molecule has 0 aromatic heterocycles. The molecule has 0 saturated carbocycles. The van der Waals surface area contributed by atoms with E-state index < -0.39 is 12.3 Å². The van der Waals surface area contributed by atoms with Crippen molar-refractivity contribution in [3.63, 3.8) is 0 Å². The maximum atomic E-state index is 11.6. The molecule has 1 aromatic carbocycles. The zero-order chi connectivity index (χ0) is 17.1. The number of rotatable bonds is 1. The number of ether oxygens (including phenoxy) is 1. The molecule has 126 valence electrons. The Kier molecular flexibility index (Phi) is 2.93. The van der Waals surface area contributed by atoms with Crippen LogP contribution < -0.4 is 0 Å². The number of aliphatic carboxylic acids is 1. The smallest absolute Gasteiger partial charge is 0.334 e. The lowest BCUT2D eigenvalue weighted by molar-refractivity contribution is -0.144. The summed E-state index contributed by atoms with van der Waals surface area (Å²) in [6, 6.07) is 10.0. The van der Waals surface area contributed by atoms with Crippen LogP contribution in [-0.4, -0.2) is 32.0 Å². The fraction of sp³-hybridized carbons (Fsp3) is 0.263. The summed E-state index contributed by atoms with van der Waals surface area (Å²) in [7, 11) is 0. The predicted molar refractivity (Wildman–Crippen MR) is 89.8 cm³/mol. The van der Waals surface area contributed by atoms with Crippen LogP contribution >= 0.6 is 0 Å². The van der Waals surface area contributed by atoms with Gasteiger partial charge in [0.2, 0.25) is 6.29 Å². The highest BCUT2D eigenvalue weighted by atomic mass is 16.6. The fourth-order valence-electron chi connectivity index (χ4n) is 4.16. The summed E-state index contributed by atoms with van der Waals surface area (Å²) >= 11 is 0. The number of pyridine rings is 1. The van der Waals surface area contributed by atoms with E-state index in [1.807, 2.05) is 36.5 Å². The van der Waals surface area contributed by atoms with Crippen molar-refractivity contribution in [3.05, 3.63) is 54.1 Å². The van der Waals surface area contributed by atoms with Crippen LogP contribution in [0.4, 0.5) is 0 Å². The maximum Gasteiger partial charge on any atom is 0.334 e. The summed E-state index contributed by atoms with van der Waals surface area (Å²) < 4.78 is 7.22. The molecule has 0 bridgehead atoms. The SMILES string of the molecule is O=C(O)C1=CO[C@@H](O)[C@@H]2Cn3ccc4c5ccccc5nc-4c3C[C@H]12. The first-order valence-corrected chi connectivity index (χ1v) is 8.27. The number of aliphatic hydroxyl groups excluding tert-OH is 1. The van der Waals surface area contributed by atoms with Crippen molar-refractivity contribution in [2.24, 2.45) is 11.8 Å². The fourth-order valence-corrected chi connectivity index (χ4v) is 4.16. The number of aliphatic hydroxyl groups is 1. The van der Waals surface area contributed by atoms with Crippen LogP contribution in [0, 0.1) is 11.8 Å². The van der Waals surface area contributed by atoms with Crippen molar-refractivity contribution in [2.75, 3.05) is 0 Å². The van der Waals surface area contributed by atoms with Crippen molar-refractivity contribution < 1.29 is 19.7 Å². The van der Waals surface area contributed by atoms with E-state index in [2.05, 4.69) is 4.57 Å². The second kappa shape index (κ2) is 5.07. The van der Waals surface area contributed by atoms with E-state index in [-0.39, 0.29) is 17.4 Å². The lowest BCUT2D eigenvalue weighted by Gasteiger charge is -2.39. The molecule has 2 N–H and O–H groups in total. The van der Waals surface area contributed by atoms with Crippen LogP contribution in [0.25, 0.3) is 22.2 Å². The third kappa shape index (κ3) is 2.01. The standard InChI is InChI=1S/C19H16N2O4/c22-18(23)14-9-25-19(24)13-8-21-6-5-11-10-3-1-2-4-15(10)20-17(11)16(21)7-12(13)14/h1-6,9,12-13,19,24H,7-8H2,(H,22,23)/t12-,13+,19+/m0/s1. The van der Waals surface area contributed by atoms with Gasteiger partial charge in [-0.25, -0.2) is 9.78 Å². The zero-order valence-electron chi connectivity index (χ0n) is 13.3. The number of hydrogen-bond donors (Lipinski definition) is 2. The number of hydrogen-bond acceptors (Lipinski definition) is 4. The summed E-state index contributed by atoms with van der Waals surface area (Å²) in [6.07, 6.45) is 2.71. The molecule has 0 saturated heterocycles. The number of nitrogens with zero attached hydrogens (tertiary/aromatic N) is 2. The molecule has 0 radical (unpaired) electrons. The number of benzene rings is 1. The molecular formula is C19H16N2O4. The van der Waals surface area contributed by atoms with Gasteiger partial charge in [-0.15, -0.1) is 0 Å². The Morgan fingerprint density at radius 1 is 1.28 bits per heavy atom. The van der Waals surface area contributed by atoms with E-state index in [0.29, 0.717) is 13.0 Å². The minimum absolute atomic E-state index is 0.217. The first-order valence-electron chi connectivity index (χ1n) is 8.27. The van der Waals surface area contributed by atoms with Crippen LogP contribution in [-0.2, 0) is 22.5 Å². The third-order valence-electron chi connectivity index (χ3n) is 5.41. The number of carboxylic acid groups (broad SMARTS) is 1. The van der Waals surface area contributed by atoms with E-state index in [1.54, 1.807) is 0 Å². The van der Waals surface area contributed by atoms with Crippen molar-refractivity contribution >= 4 is 16.9 Å². The first kappa shape index (κ1) is 14.5. The van der Waals surface area contributed by atoms with Gasteiger partial charge in [-0.2, -0.15) is 0 Å². The minimum Gasteiger partial charge on any atom is -0.478 e. The molecule has 25 heavy (non-hydrogen) atoms. The van der Waals surface area contributed by atoms with Crippen LogP contribution in [0.2, 0.25) is 0 Å². The van der Waals surface area contributed by atoms with E-state index in [0.717, 1.165) is 27.9 Å². The molecule has 3 atom stereocenters. The van der Waals surface area contributed by atoms with Gasteiger partial charge < -0.3 is 19.5 Å². The van der Waals surface area contributed by atoms with Crippen molar-refractivity contribution in [1.29, 1.82) is 0 Å². The molecule has 6 nitrogen and oxygen atoms in total. The van der Waals surface area contributed by atoms with E-state index in [4.69, 9.17) is 9.72 Å². The third-order valence-corrected chi connectivity index (χ3v) is 5.41. The number of fused-ring (bicyclic) bond motifs is 6. The van der Waals surface area contributed by atoms with Gasteiger partial charge in [-0.1, -0.05) is 18.2 Å². The van der Waals surface area contributed by atoms with E-state index in [9.17, 15) is 15.0 Å². The van der Waals surface area contributed by atoms with Crippen molar-refractivity contribution in [2.45, 2.75) is 19.3 Å². The molecule has 0 fully saturated rings. The summed E-state index contributed by atoms with van der Waals surface area (Å²) in [5.41, 5.74) is 4.15. The normalized spacial score (nSPS) is 25.2. The predicted octanol–water partition coefficient (Wildman–Crippen LogP) is 2.25. The summed E-state index contributed by atoms with van der Waals surface area (Å²) in [5, 5.41) is 20.8. The highest BCUT2D eigenvalue weighted by Gasteiger charge is 2.42. The Morgan fingerprint density at radius 3 is 2.96 bits per heavy atom. The monoisotopic (exact) mass is 336 g/mol. The Hall–Kier alpha value is -2.86.